The van der Waals surface area contributed by atoms with Crippen LogP contribution in [-0.2, 0) is 11.2 Å². The van der Waals surface area contributed by atoms with Crippen LogP contribution < -0.4 is 5.32 Å². The molecule has 148 valence electrons. The molecule has 3 aromatic rings. The maximum absolute atomic E-state index is 12.8. The van der Waals surface area contributed by atoms with Gasteiger partial charge in [0.05, 0.1) is 0 Å². The lowest BCUT2D eigenvalue weighted by molar-refractivity contribution is -0.128. The Morgan fingerprint density at radius 1 is 1.14 bits per heavy atom. The fraction of sp³-hybridized carbons (Fsp3) is 0.304. The number of amides is 1. The summed E-state index contributed by atoms with van der Waals surface area (Å²) in [4.78, 5) is 28.0. The molecule has 0 aliphatic carbocycles. The number of carbonyl (C=O) groups is 1. The predicted octanol–water partition coefficient (Wildman–Crippen LogP) is 3.49. The molecule has 6 nitrogen and oxygen atoms in total. The van der Waals surface area contributed by atoms with Crippen LogP contribution in [0.15, 0.2) is 60.9 Å². The van der Waals surface area contributed by atoms with Gasteiger partial charge < -0.3 is 10.2 Å². The van der Waals surface area contributed by atoms with Crippen molar-refractivity contribution in [2.45, 2.75) is 32.2 Å². The maximum Gasteiger partial charge on any atom is 0.245 e. The molecule has 3 heterocycles. The normalized spacial score (nSPS) is 16.2. The van der Waals surface area contributed by atoms with E-state index in [2.05, 4.69) is 44.5 Å². The zero-order valence-electron chi connectivity index (χ0n) is 16.6. The van der Waals surface area contributed by atoms with Crippen LogP contribution in [0.3, 0.4) is 0 Å². The van der Waals surface area contributed by atoms with Crippen molar-refractivity contribution in [2.75, 3.05) is 18.4 Å². The van der Waals surface area contributed by atoms with E-state index in [4.69, 9.17) is 0 Å². The Hall–Kier alpha value is -3.28. The molecule has 0 spiro atoms. The molecule has 1 N–H and O–H groups in total. The molecule has 4 rings (SSSR count). The highest BCUT2D eigenvalue weighted by atomic mass is 16.2. The SMILES string of the molecule is Cc1cc(NC2CCN(CCCc3ccccc3)C2=O)nc(-c2cccnc2)n1. The average Bonchev–Trinajstić information content (AvgIpc) is 3.08. The smallest absolute Gasteiger partial charge is 0.245 e. The number of benzene rings is 1. The molecule has 1 aliphatic rings. The summed E-state index contributed by atoms with van der Waals surface area (Å²) < 4.78 is 0. The van der Waals surface area contributed by atoms with Crippen molar-refractivity contribution in [3.05, 3.63) is 72.2 Å². The van der Waals surface area contributed by atoms with E-state index in [0.29, 0.717) is 11.6 Å². The van der Waals surface area contributed by atoms with Crippen LogP contribution >= 0.6 is 0 Å². The molecule has 1 amide bonds. The summed E-state index contributed by atoms with van der Waals surface area (Å²) in [5.74, 6) is 1.45. The molecular formula is C23H25N5O. The zero-order chi connectivity index (χ0) is 20.1. The summed E-state index contributed by atoms with van der Waals surface area (Å²) in [5.41, 5.74) is 3.03. The molecule has 6 heteroatoms. The Bertz CT molecular complexity index is 962. The lowest BCUT2D eigenvalue weighted by atomic mass is 10.1. The number of pyridine rings is 1. The maximum atomic E-state index is 12.8. The third-order valence-corrected chi connectivity index (χ3v) is 5.13. The number of rotatable bonds is 7. The molecule has 2 aromatic heterocycles. The van der Waals surface area contributed by atoms with Crippen molar-refractivity contribution in [3.8, 4) is 11.4 Å². The van der Waals surface area contributed by atoms with E-state index in [1.165, 1.54) is 5.56 Å². The van der Waals surface area contributed by atoms with Gasteiger partial charge in [-0.3, -0.25) is 9.78 Å². The highest BCUT2D eigenvalue weighted by Crippen LogP contribution is 2.20. The van der Waals surface area contributed by atoms with Gasteiger partial charge in [0.15, 0.2) is 5.82 Å². The first-order valence-corrected chi connectivity index (χ1v) is 10.0. The number of hydrogen-bond donors (Lipinski definition) is 1. The number of hydrogen-bond acceptors (Lipinski definition) is 5. The number of nitrogens with one attached hydrogen (secondary N) is 1. The summed E-state index contributed by atoms with van der Waals surface area (Å²) in [6.45, 7) is 3.50. The monoisotopic (exact) mass is 387 g/mol. The first kappa shape index (κ1) is 19.1. The minimum Gasteiger partial charge on any atom is -0.358 e. The Morgan fingerprint density at radius 3 is 2.79 bits per heavy atom. The van der Waals surface area contributed by atoms with Gasteiger partial charge in [-0.25, -0.2) is 9.97 Å². The van der Waals surface area contributed by atoms with Crippen LogP contribution in [0.25, 0.3) is 11.4 Å². The third-order valence-electron chi connectivity index (χ3n) is 5.13. The van der Waals surface area contributed by atoms with Crippen molar-refractivity contribution in [3.63, 3.8) is 0 Å². The van der Waals surface area contributed by atoms with Gasteiger partial charge in [-0.1, -0.05) is 30.3 Å². The highest BCUT2D eigenvalue weighted by molar-refractivity contribution is 5.86. The number of anilines is 1. The Morgan fingerprint density at radius 2 is 2.00 bits per heavy atom. The van der Waals surface area contributed by atoms with Crippen LogP contribution in [0.1, 0.15) is 24.1 Å². The van der Waals surface area contributed by atoms with Crippen molar-refractivity contribution >= 4 is 11.7 Å². The Kier molecular flexibility index (Phi) is 5.79. The fourth-order valence-electron chi connectivity index (χ4n) is 3.66. The minimum atomic E-state index is -0.234. The van der Waals surface area contributed by atoms with Crippen molar-refractivity contribution in [1.29, 1.82) is 0 Å². The van der Waals surface area contributed by atoms with Gasteiger partial charge >= 0.3 is 0 Å². The van der Waals surface area contributed by atoms with Gasteiger partial charge in [-0.15, -0.1) is 0 Å². The largest absolute Gasteiger partial charge is 0.358 e. The summed E-state index contributed by atoms with van der Waals surface area (Å²) in [6.07, 6.45) is 6.22. The van der Waals surface area contributed by atoms with Gasteiger partial charge in [0, 0.05) is 42.8 Å². The third kappa shape index (κ3) is 4.77. The van der Waals surface area contributed by atoms with Crippen LogP contribution in [0.2, 0.25) is 0 Å². The molecule has 1 unspecified atom stereocenters. The second-order valence-electron chi connectivity index (χ2n) is 7.36. The van der Waals surface area contributed by atoms with Crippen LogP contribution in [0.5, 0.6) is 0 Å². The highest BCUT2D eigenvalue weighted by Gasteiger charge is 2.31. The van der Waals surface area contributed by atoms with Crippen LogP contribution in [0.4, 0.5) is 5.82 Å². The van der Waals surface area contributed by atoms with Crippen LogP contribution in [0, 0.1) is 6.92 Å². The van der Waals surface area contributed by atoms with Gasteiger partial charge in [0.25, 0.3) is 0 Å². The fourth-order valence-corrected chi connectivity index (χ4v) is 3.66. The van der Waals surface area contributed by atoms with Crippen molar-refractivity contribution in [2.24, 2.45) is 0 Å². The summed E-state index contributed by atoms with van der Waals surface area (Å²) in [5, 5.41) is 3.32. The molecule has 0 saturated carbocycles. The summed E-state index contributed by atoms with van der Waals surface area (Å²) >= 11 is 0. The quantitative estimate of drug-likeness (QED) is 0.672. The first-order valence-electron chi connectivity index (χ1n) is 10.0. The second kappa shape index (κ2) is 8.82. The van der Waals surface area contributed by atoms with E-state index in [1.54, 1.807) is 12.4 Å². The Balaban J connectivity index is 1.36. The van der Waals surface area contributed by atoms with E-state index in [1.807, 2.05) is 36.1 Å². The average molecular weight is 387 g/mol. The van der Waals surface area contributed by atoms with E-state index in [-0.39, 0.29) is 11.9 Å². The van der Waals surface area contributed by atoms with E-state index in [9.17, 15) is 4.79 Å². The van der Waals surface area contributed by atoms with Crippen molar-refractivity contribution in [1.82, 2.24) is 19.9 Å². The van der Waals surface area contributed by atoms with Gasteiger partial charge in [-0.2, -0.15) is 0 Å². The number of aryl methyl sites for hydroxylation is 2. The van der Waals surface area contributed by atoms with Gasteiger partial charge in [0.2, 0.25) is 5.91 Å². The minimum absolute atomic E-state index is 0.150. The molecule has 0 bridgehead atoms. The molecule has 29 heavy (non-hydrogen) atoms. The molecule has 0 radical (unpaired) electrons. The van der Waals surface area contributed by atoms with E-state index in [0.717, 1.165) is 43.6 Å². The Labute approximate surface area is 171 Å². The molecular weight excluding hydrogens is 362 g/mol. The lowest BCUT2D eigenvalue weighted by Gasteiger charge is -2.17. The van der Waals surface area contributed by atoms with E-state index >= 15 is 0 Å². The molecule has 1 atom stereocenters. The first-order chi connectivity index (χ1) is 14.2. The number of aromatic nitrogens is 3. The predicted molar refractivity (Wildman–Crippen MR) is 113 cm³/mol. The topological polar surface area (TPSA) is 71.0 Å². The second-order valence-corrected chi connectivity index (χ2v) is 7.36. The zero-order valence-corrected chi connectivity index (χ0v) is 16.6. The van der Waals surface area contributed by atoms with Gasteiger partial charge in [0.1, 0.15) is 11.9 Å². The number of nitrogens with zero attached hydrogens (tertiary/aromatic N) is 4. The van der Waals surface area contributed by atoms with E-state index < -0.39 is 0 Å². The number of carbonyl (C=O) groups excluding carboxylic acids is 1. The lowest BCUT2D eigenvalue weighted by Crippen LogP contribution is -2.34. The summed E-state index contributed by atoms with van der Waals surface area (Å²) in [6, 6.07) is 15.8. The summed E-state index contributed by atoms with van der Waals surface area (Å²) in [7, 11) is 0. The standard InChI is InChI=1S/C23H25N5O/c1-17-15-21(27-22(25-17)19-10-5-12-24-16-19)26-20-11-14-28(23(20)29)13-6-9-18-7-3-2-4-8-18/h2-5,7-8,10,12,15-16,20H,6,9,11,13-14H2,1H3,(H,25,26,27). The molecule has 1 aromatic carbocycles. The van der Waals surface area contributed by atoms with Gasteiger partial charge in [-0.05, 0) is 43.9 Å². The van der Waals surface area contributed by atoms with Crippen LogP contribution in [-0.4, -0.2) is 44.9 Å². The molecule has 1 saturated heterocycles. The number of likely N-dealkylation sites (tertiary alicyclic amines) is 1. The molecule has 1 fully saturated rings. The van der Waals surface area contributed by atoms with Crippen molar-refractivity contribution < 1.29 is 4.79 Å². The molecule has 1 aliphatic heterocycles.